The zero-order chi connectivity index (χ0) is 18.0. The molecule has 7 heteroatoms. The highest BCUT2D eigenvalue weighted by molar-refractivity contribution is 7.89. The topological polar surface area (TPSA) is 61.9 Å². The van der Waals surface area contributed by atoms with E-state index in [1.54, 1.807) is 4.31 Å². The molecule has 0 radical (unpaired) electrons. The van der Waals surface area contributed by atoms with Crippen molar-refractivity contribution < 1.29 is 13.2 Å². The van der Waals surface area contributed by atoms with Gasteiger partial charge in [-0.05, 0) is 55.5 Å². The maximum absolute atomic E-state index is 13.4. The van der Waals surface area contributed by atoms with E-state index in [4.69, 9.17) is 4.74 Å². The van der Waals surface area contributed by atoms with Crippen molar-refractivity contribution in [2.75, 3.05) is 52.5 Å². The number of nitrogens with zero attached hydrogens (tertiary/aromatic N) is 2. The molecule has 4 rings (SSSR count). The first-order chi connectivity index (χ1) is 12.6. The van der Waals surface area contributed by atoms with Crippen molar-refractivity contribution in [2.45, 2.75) is 36.6 Å². The summed E-state index contributed by atoms with van der Waals surface area (Å²) >= 11 is 0. The van der Waals surface area contributed by atoms with Crippen LogP contribution >= 0.6 is 0 Å². The summed E-state index contributed by atoms with van der Waals surface area (Å²) in [6.07, 6.45) is 4.08. The first-order valence-electron chi connectivity index (χ1n) is 9.79. The summed E-state index contributed by atoms with van der Waals surface area (Å²) in [6, 6.07) is 5.79. The molecule has 0 amide bonds. The molecule has 2 fully saturated rings. The van der Waals surface area contributed by atoms with Gasteiger partial charge in [0.15, 0.2) is 0 Å². The van der Waals surface area contributed by atoms with Gasteiger partial charge in [-0.1, -0.05) is 6.07 Å². The molecule has 2 saturated heterocycles. The Hall–Kier alpha value is -0.990. The van der Waals surface area contributed by atoms with Crippen LogP contribution in [0.15, 0.2) is 23.1 Å². The third-order valence-electron chi connectivity index (χ3n) is 5.86. The van der Waals surface area contributed by atoms with Gasteiger partial charge in [0, 0.05) is 38.8 Å². The molecule has 1 N–H and O–H groups in total. The molecule has 1 unspecified atom stereocenters. The summed E-state index contributed by atoms with van der Waals surface area (Å²) in [5.41, 5.74) is 2.52. The highest BCUT2D eigenvalue weighted by Crippen LogP contribution is 2.28. The van der Waals surface area contributed by atoms with Crippen LogP contribution in [-0.4, -0.2) is 76.1 Å². The fraction of sp³-hybridized carbons (Fsp3) is 0.684. The third kappa shape index (κ3) is 3.82. The molecule has 2 aliphatic heterocycles. The molecule has 3 aliphatic rings. The smallest absolute Gasteiger partial charge is 0.243 e. The highest BCUT2D eigenvalue weighted by Gasteiger charge is 2.34. The maximum atomic E-state index is 13.4. The van der Waals surface area contributed by atoms with Crippen molar-refractivity contribution in [2.24, 2.45) is 0 Å². The van der Waals surface area contributed by atoms with Gasteiger partial charge >= 0.3 is 0 Å². The van der Waals surface area contributed by atoms with E-state index in [0.717, 1.165) is 71.6 Å². The SMILES string of the molecule is O=S(=O)(c1ccc2c(c1)CCC2)N(CCN1CCOCC1)C1CCNC1. The molecule has 0 spiro atoms. The second-order valence-electron chi connectivity index (χ2n) is 7.50. The molecule has 144 valence electrons. The normalized spacial score (nSPS) is 24.3. The number of benzene rings is 1. The van der Waals surface area contributed by atoms with Crippen LogP contribution in [-0.2, 0) is 27.6 Å². The van der Waals surface area contributed by atoms with Crippen LogP contribution in [0.25, 0.3) is 0 Å². The van der Waals surface area contributed by atoms with Crippen LogP contribution in [0.1, 0.15) is 24.0 Å². The predicted octanol–water partition coefficient (Wildman–Crippen LogP) is 0.860. The number of sulfonamides is 1. The molecule has 1 aromatic rings. The highest BCUT2D eigenvalue weighted by atomic mass is 32.2. The van der Waals surface area contributed by atoms with Crippen LogP contribution in [0.4, 0.5) is 0 Å². The maximum Gasteiger partial charge on any atom is 0.243 e. The third-order valence-corrected chi connectivity index (χ3v) is 7.81. The Balaban J connectivity index is 1.55. The Bertz CT molecular complexity index is 726. The fourth-order valence-corrected chi connectivity index (χ4v) is 5.99. The van der Waals surface area contributed by atoms with Crippen LogP contribution in [0.3, 0.4) is 0 Å². The van der Waals surface area contributed by atoms with Crippen molar-refractivity contribution in [3.63, 3.8) is 0 Å². The Kier molecular flexibility index (Phi) is 5.61. The first kappa shape index (κ1) is 18.4. The lowest BCUT2D eigenvalue weighted by Gasteiger charge is -2.32. The largest absolute Gasteiger partial charge is 0.379 e. The van der Waals surface area contributed by atoms with Gasteiger partial charge in [0.25, 0.3) is 0 Å². The Morgan fingerprint density at radius 3 is 2.77 bits per heavy atom. The van der Waals surface area contributed by atoms with Crippen molar-refractivity contribution in [1.29, 1.82) is 0 Å². The molecule has 0 saturated carbocycles. The molecule has 1 aliphatic carbocycles. The molecule has 0 bridgehead atoms. The summed E-state index contributed by atoms with van der Waals surface area (Å²) in [5, 5.41) is 3.32. The number of hydrogen-bond acceptors (Lipinski definition) is 5. The van der Waals surface area contributed by atoms with E-state index in [0.29, 0.717) is 11.4 Å². The average molecular weight is 380 g/mol. The number of aryl methyl sites for hydroxylation is 2. The molecule has 1 atom stereocenters. The van der Waals surface area contributed by atoms with Gasteiger partial charge in [-0.25, -0.2) is 8.42 Å². The van der Waals surface area contributed by atoms with E-state index < -0.39 is 10.0 Å². The average Bonchev–Trinajstić information content (AvgIpc) is 3.34. The number of fused-ring (bicyclic) bond motifs is 1. The first-order valence-corrected chi connectivity index (χ1v) is 11.2. The van der Waals surface area contributed by atoms with E-state index in [1.807, 2.05) is 18.2 Å². The number of nitrogens with one attached hydrogen (secondary N) is 1. The monoisotopic (exact) mass is 379 g/mol. The standard InChI is InChI=1S/C19H29N3O3S/c23-26(24,19-5-4-16-2-1-3-17(16)14-19)22(18-6-7-20-15-18)9-8-21-10-12-25-13-11-21/h4-5,14,18,20H,1-3,6-13,15H2. The van der Waals surface area contributed by atoms with Crippen molar-refractivity contribution in [3.8, 4) is 0 Å². The minimum Gasteiger partial charge on any atom is -0.379 e. The Morgan fingerprint density at radius 1 is 1.19 bits per heavy atom. The fourth-order valence-electron chi connectivity index (χ4n) is 4.29. The minimum absolute atomic E-state index is 0.0503. The van der Waals surface area contributed by atoms with Gasteiger partial charge in [0.1, 0.15) is 0 Å². The molecule has 0 aromatic heterocycles. The molecule has 6 nitrogen and oxygen atoms in total. The van der Waals surface area contributed by atoms with E-state index in [-0.39, 0.29) is 6.04 Å². The zero-order valence-corrected chi connectivity index (χ0v) is 16.1. The lowest BCUT2D eigenvalue weighted by molar-refractivity contribution is 0.0355. The summed E-state index contributed by atoms with van der Waals surface area (Å²) in [5.74, 6) is 0. The van der Waals surface area contributed by atoms with E-state index in [9.17, 15) is 8.42 Å². The van der Waals surface area contributed by atoms with E-state index in [2.05, 4.69) is 10.2 Å². The molecule has 1 aromatic carbocycles. The van der Waals surface area contributed by atoms with Crippen molar-refractivity contribution in [3.05, 3.63) is 29.3 Å². The van der Waals surface area contributed by atoms with Gasteiger partial charge in [0.2, 0.25) is 10.0 Å². The van der Waals surface area contributed by atoms with Crippen molar-refractivity contribution >= 4 is 10.0 Å². The summed E-state index contributed by atoms with van der Waals surface area (Å²) in [6.45, 7) is 6.19. The lowest BCUT2D eigenvalue weighted by Crippen LogP contribution is -2.47. The van der Waals surface area contributed by atoms with Crippen LogP contribution in [0.5, 0.6) is 0 Å². The molecule has 2 heterocycles. The number of ether oxygens (including phenoxy) is 1. The van der Waals surface area contributed by atoms with E-state index >= 15 is 0 Å². The minimum atomic E-state index is -3.47. The van der Waals surface area contributed by atoms with Gasteiger partial charge in [-0.15, -0.1) is 0 Å². The number of rotatable bonds is 6. The number of hydrogen-bond donors (Lipinski definition) is 1. The molecular formula is C19H29N3O3S. The predicted molar refractivity (Wildman–Crippen MR) is 101 cm³/mol. The summed E-state index contributed by atoms with van der Waals surface area (Å²) < 4.78 is 34.0. The number of morpholine rings is 1. The molecule has 26 heavy (non-hydrogen) atoms. The van der Waals surface area contributed by atoms with E-state index in [1.165, 1.54) is 11.1 Å². The van der Waals surface area contributed by atoms with Crippen molar-refractivity contribution in [1.82, 2.24) is 14.5 Å². The molecular weight excluding hydrogens is 350 g/mol. The second kappa shape index (κ2) is 7.94. The quantitative estimate of drug-likeness (QED) is 0.794. The van der Waals surface area contributed by atoms with Crippen LogP contribution in [0.2, 0.25) is 0 Å². The Labute approximate surface area is 156 Å². The second-order valence-corrected chi connectivity index (χ2v) is 9.39. The van der Waals surface area contributed by atoms with Crippen LogP contribution < -0.4 is 5.32 Å². The summed E-state index contributed by atoms with van der Waals surface area (Å²) in [7, 11) is -3.47. The van der Waals surface area contributed by atoms with Gasteiger partial charge in [-0.3, -0.25) is 4.90 Å². The van der Waals surface area contributed by atoms with Crippen LogP contribution in [0, 0.1) is 0 Å². The lowest BCUT2D eigenvalue weighted by atomic mass is 10.1. The zero-order valence-electron chi connectivity index (χ0n) is 15.3. The summed E-state index contributed by atoms with van der Waals surface area (Å²) in [4.78, 5) is 2.77. The van der Waals surface area contributed by atoms with Gasteiger partial charge in [-0.2, -0.15) is 4.31 Å². The van der Waals surface area contributed by atoms with Gasteiger partial charge < -0.3 is 10.1 Å². The Morgan fingerprint density at radius 2 is 2.00 bits per heavy atom. The van der Waals surface area contributed by atoms with Gasteiger partial charge in [0.05, 0.1) is 18.1 Å².